The molecule has 0 aromatic heterocycles. The van der Waals surface area contributed by atoms with Crippen LogP contribution in [0, 0.1) is 23.6 Å². The Morgan fingerprint density at radius 1 is 1.00 bits per heavy atom. The van der Waals surface area contributed by atoms with Gasteiger partial charge in [0, 0.05) is 11.3 Å². The maximum absolute atomic E-state index is 13.6. The molecule has 0 radical (unpaired) electrons. The summed E-state index contributed by atoms with van der Waals surface area (Å²) in [5, 5.41) is 41.6. The highest BCUT2D eigenvalue weighted by atomic mass is 32.2. The third-order valence-electron chi connectivity index (χ3n) is 8.50. The Morgan fingerprint density at radius 2 is 1.66 bits per heavy atom. The molecule has 266 valence electrons. The summed E-state index contributed by atoms with van der Waals surface area (Å²) in [7, 11) is -2.29. The molecule has 2 aliphatic rings. The minimum Gasteiger partial charge on any atom is -0.467 e. The van der Waals surface area contributed by atoms with Crippen LogP contribution < -0.4 is 14.4 Å². The molecule has 50 heavy (non-hydrogen) atoms. The number of halogens is 1. The number of carbonyl (C=O) groups excluding carboxylic acids is 2. The molecule has 1 amide bonds. The van der Waals surface area contributed by atoms with Gasteiger partial charge in [-0.1, -0.05) is 36.1 Å². The number of amides is 1. The highest BCUT2D eigenvalue weighted by Gasteiger charge is 2.50. The molecule has 15 heteroatoms. The molecule has 2 aliphatic heterocycles. The Labute approximate surface area is 288 Å². The van der Waals surface area contributed by atoms with Gasteiger partial charge in [-0.25, -0.2) is 22.3 Å². The van der Waals surface area contributed by atoms with Crippen molar-refractivity contribution in [1.82, 2.24) is 4.72 Å². The molecule has 2 heterocycles. The van der Waals surface area contributed by atoms with Crippen LogP contribution in [0.2, 0.25) is 0 Å². The van der Waals surface area contributed by atoms with Gasteiger partial charge >= 0.3 is 5.97 Å². The number of carbonyl (C=O) groups is 2. The fraction of sp³-hybridized carbons (Fsp3) is 0.371. The smallest absolute Gasteiger partial charge is 0.337 e. The molecule has 0 aliphatic carbocycles. The molecule has 8 atom stereocenters. The van der Waals surface area contributed by atoms with Crippen molar-refractivity contribution in [2.24, 2.45) is 5.92 Å². The first-order valence-corrected chi connectivity index (χ1v) is 17.5. The van der Waals surface area contributed by atoms with E-state index < -0.39 is 70.6 Å². The van der Waals surface area contributed by atoms with Crippen LogP contribution >= 0.6 is 0 Å². The second kappa shape index (κ2) is 15.7. The van der Waals surface area contributed by atoms with Gasteiger partial charge in [-0.3, -0.25) is 4.79 Å². The second-order valence-electron chi connectivity index (χ2n) is 12.0. The number of sulfonamides is 1. The van der Waals surface area contributed by atoms with Crippen LogP contribution in [-0.4, -0.2) is 91.3 Å². The van der Waals surface area contributed by atoms with Crippen LogP contribution in [0.25, 0.3) is 0 Å². The number of aliphatic hydroxyl groups is 4. The van der Waals surface area contributed by atoms with Gasteiger partial charge in [-0.2, -0.15) is 0 Å². The first kappa shape index (κ1) is 36.9. The minimum atomic E-state index is -3.38. The Balaban J connectivity index is 1.35. The number of benzene rings is 3. The minimum absolute atomic E-state index is 0.0569. The summed E-state index contributed by atoms with van der Waals surface area (Å²) in [5.74, 6) is 3.69. The quantitative estimate of drug-likeness (QED) is 0.109. The molecule has 1 unspecified atom stereocenters. The standard InChI is InChI=1S/C35H37FN2O11S/c1-47-34(44)32-30(41)29(40)31(42)35(49-32)48-25-15-9-22(10-16-25)28-26(17-18-27(39)21-7-11-23(36)12-8-21)33(43)38(28)24-13-5-20(6-14-24)4-3-19-37-50(2,45)46/h5-16,26-32,35,37,39-42H,17-19H2,1-2H3/t26?,27-,28+,29-,30-,31+,32-,35+/m1/s1. The van der Waals surface area contributed by atoms with Crippen molar-refractivity contribution in [2.45, 2.75) is 55.7 Å². The maximum atomic E-state index is 13.6. The molecular weight excluding hydrogens is 675 g/mol. The molecule has 13 nitrogen and oxygen atoms in total. The number of aliphatic hydroxyl groups excluding tert-OH is 4. The molecule has 5 N–H and O–H groups in total. The number of hydrogen-bond donors (Lipinski definition) is 5. The number of hydrogen-bond acceptors (Lipinski definition) is 11. The normalized spacial score (nSPS) is 25.5. The monoisotopic (exact) mass is 712 g/mol. The summed E-state index contributed by atoms with van der Waals surface area (Å²) in [6, 6.07) is 18.4. The van der Waals surface area contributed by atoms with E-state index in [9.17, 15) is 42.8 Å². The van der Waals surface area contributed by atoms with E-state index in [0.717, 1.165) is 13.4 Å². The van der Waals surface area contributed by atoms with E-state index >= 15 is 0 Å². The maximum Gasteiger partial charge on any atom is 0.337 e. The summed E-state index contributed by atoms with van der Waals surface area (Å²) in [5.41, 5.74) is 2.42. The van der Waals surface area contributed by atoms with E-state index in [0.29, 0.717) is 28.8 Å². The lowest BCUT2D eigenvalue weighted by molar-refractivity contribution is -0.271. The summed E-state index contributed by atoms with van der Waals surface area (Å²) in [4.78, 5) is 27.3. The predicted molar refractivity (Wildman–Crippen MR) is 176 cm³/mol. The zero-order valence-corrected chi connectivity index (χ0v) is 27.9. The van der Waals surface area contributed by atoms with Crippen molar-refractivity contribution in [1.29, 1.82) is 0 Å². The third kappa shape index (κ3) is 8.48. The van der Waals surface area contributed by atoms with E-state index in [-0.39, 0.29) is 24.6 Å². The zero-order valence-electron chi connectivity index (χ0n) is 27.0. The van der Waals surface area contributed by atoms with E-state index in [1.165, 1.54) is 24.3 Å². The number of rotatable bonds is 11. The Hall–Kier alpha value is -4.40. The van der Waals surface area contributed by atoms with Crippen molar-refractivity contribution >= 4 is 27.6 Å². The highest BCUT2D eigenvalue weighted by molar-refractivity contribution is 7.88. The van der Waals surface area contributed by atoms with Crippen LogP contribution in [0.15, 0.2) is 72.8 Å². The zero-order chi connectivity index (χ0) is 36.2. The average Bonchev–Trinajstić information content (AvgIpc) is 3.09. The van der Waals surface area contributed by atoms with E-state index in [2.05, 4.69) is 21.3 Å². The average molecular weight is 713 g/mol. The van der Waals surface area contributed by atoms with Crippen molar-refractivity contribution in [3.05, 3.63) is 95.3 Å². The lowest BCUT2D eigenvalue weighted by Gasteiger charge is -2.48. The van der Waals surface area contributed by atoms with Gasteiger partial charge in [0.25, 0.3) is 0 Å². The third-order valence-corrected chi connectivity index (χ3v) is 9.17. The summed E-state index contributed by atoms with van der Waals surface area (Å²) in [6.45, 7) is -0.0569. The highest BCUT2D eigenvalue weighted by Crippen LogP contribution is 2.46. The van der Waals surface area contributed by atoms with Crippen LogP contribution in [0.5, 0.6) is 5.75 Å². The number of methoxy groups -OCH3 is 1. The molecule has 5 rings (SSSR count). The Bertz CT molecular complexity index is 1830. The summed E-state index contributed by atoms with van der Waals surface area (Å²) < 4.78 is 54.0. The number of esters is 1. The molecule has 0 spiro atoms. The first-order chi connectivity index (χ1) is 23.8. The second-order valence-corrected chi connectivity index (χ2v) is 13.8. The molecule has 0 bridgehead atoms. The van der Waals surface area contributed by atoms with Gasteiger partial charge in [0.05, 0.1) is 38.0 Å². The lowest BCUT2D eigenvalue weighted by atomic mass is 9.78. The van der Waals surface area contributed by atoms with Crippen LogP contribution in [0.1, 0.15) is 41.7 Å². The van der Waals surface area contributed by atoms with Crippen LogP contribution in [0.4, 0.5) is 10.1 Å². The molecule has 2 fully saturated rings. The van der Waals surface area contributed by atoms with Crippen molar-refractivity contribution < 1.29 is 57.0 Å². The fourth-order valence-corrected chi connectivity index (χ4v) is 6.18. The number of β-lactam (4-membered cyclic amide) rings is 1. The van der Waals surface area contributed by atoms with Gasteiger partial charge in [0.2, 0.25) is 22.2 Å². The van der Waals surface area contributed by atoms with Gasteiger partial charge in [-0.05, 0) is 72.5 Å². The van der Waals surface area contributed by atoms with Crippen molar-refractivity contribution in [3.63, 3.8) is 0 Å². The van der Waals surface area contributed by atoms with Crippen molar-refractivity contribution in [2.75, 3.05) is 24.8 Å². The molecule has 3 aromatic carbocycles. The Morgan fingerprint density at radius 3 is 2.28 bits per heavy atom. The van der Waals surface area contributed by atoms with Crippen molar-refractivity contribution in [3.8, 4) is 17.6 Å². The number of ether oxygens (including phenoxy) is 3. The van der Waals surface area contributed by atoms with E-state index in [4.69, 9.17) is 9.47 Å². The molecule has 2 saturated heterocycles. The van der Waals surface area contributed by atoms with Gasteiger partial charge in [0.15, 0.2) is 6.10 Å². The molecular formula is C35H37FN2O11S. The predicted octanol–water partition coefficient (Wildman–Crippen LogP) is 1.30. The van der Waals surface area contributed by atoms with Crippen LogP contribution in [0.3, 0.4) is 0 Å². The van der Waals surface area contributed by atoms with Crippen LogP contribution in [-0.2, 0) is 29.1 Å². The lowest BCUT2D eigenvalue weighted by Crippen LogP contribution is -2.61. The van der Waals surface area contributed by atoms with E-state index in [1.54, 1.807) is 53.4 Å². The van der Waals surface area contributed by atoms with E-state index in [1.807, 2.05) is 0 Å². The van der Waals surface area contributed by atoms with Gasteiger partial charge in [0.1, 0.15) is 29.9 Å². The molecule has 3 aromatic rings. The number of nitrogens with one attached hydrogen (secondary N) is 1. The summed E-state index contributed by atoms with van der Waals surface area (Å²) >= 11 is 0. The number of anilines is 1. The molecule has 0 saturated carbocycles. The SMILES string of the molecule is COC(=O)[C@@H]1O[C@H](Oc2ccc([C@H]3C(CC[C@@H](O)c4ccc(F)cc4)C(=O)N3c3ccc(C#CCNS(C)(=O)=O)cc3)cc2)[C@@H](O)[C@H](O)[C@H]1O. The fourth-order valence-electron chi connectivity index (χ4n) is 5.84. The number of nitrogens with zero attached hydrogens (tertiary/aromatic N) is 1. The first-order valence-electron chi connectivity index (χ1n) is 15.6. The Kier molecular flexibility index (Phi) is 11.5. The van der Waals surface area contributed by atoms with Gasteiger partial charge < -0.3 is 39.5 Å². The summed E-state index contributed by atoms with van der Waals surface area (Å²) in [6.07, 6.45) is -7.63. The van der Waals surface area contributed by atoms with Gasteiger partial charge in [-0.15, -0.1) is 0 Å². The topological polar surface area (TPSA) is 192 Å². The largest absolute Gasteiger partial charge is 0.467 e.